The van der Waals surface area contributed by atoms with Crippen molar-refractivity contribution in [3.8, 4) is 0 Å². The largest absolute Gasteiger partial charge is 0.312 e. The monoisotopic (exact) mass is 212 g/mol. The number of likely N-dealkylation sites (tertiary alicyclic amines) is 1. The summed E-state index contributed by atoms with van der Waals surface area (Å²) in [6.07, 6.45) is 2.85. The van der Waals surface area contributed by atoms with Crippen LogP contribution in [0.5, 0.6) is 0 Å². The van der Waals surface area contributed by atoms with Crippen molar-refractivity contribution in [1.82, 2.24) is 10.2 Å². The van der Waals surface area contributed by atoms with E-state index in [-0.39, 0.29) is 17.9 Å². The highest BCUT2D eigenvalue weighted by Gasteiger charge is 2.30. The summed E-state index contributed by atoms with van der Waals surface area (Å²) in [4.78, 5) is 24.2. The van der Waals surface area contributed by atoms with E-state index in [1.807, 2.05) is 6.92 Å². The first kappa shape index (κ1) is 12.2. The molecule has 4 heteroatoms. The Morgan fingerprint density at radius 1 is 1.27 bits per heavy atom. The van der Waals surface area contributed by atoms with Crippen molar-refractivity contribution in [2.45, 2.75) is 45.6 Å². The van der Waals surface area contributed by atoms with Crippen LogP contribution in [0.15, 0.2) is 0 Å². The molecule has 2 amide bonds. The van der Waals surface area contributed by atoms with Crippen LogP contribution in [0.4, 0.5) is 0 Å². The zero-order valence-corrected chi connectivity index (χ0v) is 9.58. The summed E-state index contributed by atoms with van der Waals surface area (Å²) < 4.78 is 0. The standard InChI is InChI=1S/C11H20N2O2/c1-3-5-9(12-4-2)8-13-10(14)6-7-11(13)15/h9,12H,3-8H2,1-2H3. The van der Waals surface area contributed by atoms with Gasteiger partial charge in [-0.1, -0.05) is 20.3 Å². The van der Waals surface area contributed by atoms with Crippen LogP contribution in [0.25, 0.3) is 0 Å². The summed E-state index contributed by atoms with van der Waals surface area (Å²) in [6.45, 7) is 5.56. The minimum Gasteiger partial charge on any atom is -0.312 e. The highest BCUT2D eigenvalue weighted by molar-refractivity contribution is 6.01. The predicted octanol–water partition coefficient (Wildman–Crippen LogP) is 0.914. The molecule has 1 aliphatic heterocycles. The van der Waals surface area contributed by atoms with Crippen LogP contribution in [-0.4, -0.2) is 35.8 Å². The minimum absolute atomic E-state index is 0.0148. The molecule has 1 fully saturated rings. The highest BCUT2D eigenvalue weighted by Crippen LogP contribution is 2.13. The van der Waals surface area contributed by atoms with Crippen LogP contribution < -0.4 is 5.32 Å². The van der Waals surface area contributed by atoms with Gasteiger partial charge in [0.05, 0.1) is 0 Å². The van der Waals surface area contributed by atoms with Crippen molar-refractivity contribution in [2.75, 3.05) is 13.1 Å². The van der Waals surface area contributed by atoms with Crippen LogP contribution in [0.3, 0.4) is 0 Å². The van der Waals surface area contributed by atoms with Gasteiger partial charge in [0.25, 0.3) is 0 Å². The van der Waals surface area contributed by atoms with Gasteiger partial charge in [-0.2, -0.15) is 0 Å². The van der Waals surface area contributed by atoms with Crippen molar-refractivity contribution in [3.05, 3.63) is 0 Å². The lowest BCUT2D eigenvalue weighted by molar-refractivity contribution is -0.138. The first-order chi connectivity index (χ1) is 7.19. The molecule has 0 radical (unpaired) electrons. The molecule has 1 N–H and O–H groups in total. The van der Waals surface area contributed by atoms with Gasteiger partial charge in [0, 0.05) is 25.4 Å². The second-order valence-electron chi connectivity index (χ2n) is 3.94. The van der Waals surface area contributed by atoms with Crippen LogP contribution in [-0.2, 0) is 9.59 Å². The number of imide groups is 1. The Kier molecular flexibility index (Phi) is 4.75. The molecular weight excluding hydrogens is 192 g/mol. The summed E-state index contributed by atoms with van der Waals surface area (Å²) in [5, 5.41) is 3.31. The van der Waals surface area contributed by atoms with Crippen LogP contribution in [0, 0.1) is 0 Å². The third-order valence-electron chi connectivity index (χ3n) is 2.69. The zero-order chi connectivity index (χ0) is 11.3. The topological polar surface area (TPSA) is 49.4 Å². The predicted molar refractivity (Wildman–Crippen MR) is 58.3 cm³/mol. The van der Waals surface area contributed by atoms with Gasteiger partial charge in [-0.3, -0.25) is 14.5 Å². The third kappa shape index (κ3) is 3.30. The lowest BCUT2D eigenvalue weighted by Gasteiger charge is -2.22. The lowest BCUT2D eigenvalue weighted by atomic mass is 10.1. The van der Waals surface area contributed by atoms with E-state index in [0.29, 0.717) is 19.4 Å². The van der Waals surface area contributed by atoms with E-state index in [2.05, 4.69) is 12.2 Å². The number of carbonyl (C=O) groups excluding carboxylic acids is 2. The molecule has 86 valence electrons. The lowest BCUT2D eigenvalue weighted by Crippen LogP contribution is -2.43. The minimum atomic E-state index is -0.0148. The molecular formula is C11H20N2O2. The van der Waals surface area contributed by atoms with E-state index in [9.17, 15) is 9.59 Å². The van der Waals surface area contributed by atoms with Gasteiger partial charge in [-0.05, 0) is 13.0 Å². The molecule has 0 saturated carbocycles. The first-order valence-corrected chi connectivity index (χ1v) is 5.75. The molecule has 0 aliphatic carbocycles. The Morgan fingerprint density at radius 3 is 2.33 bits per heavy atom. The van der Waals surface area contributed by atoms with E-state index in [0.717, 1.165) is 19.4 Å². The smallest absolute Gasteiger partial charge is 0.229 e. The molecule has 0 aromatic carbocycles. The highest BCUT2D eigenvalue weighted by atomic mass is 16.2. The number of likely N-dealkylation sites (N-methyl/N-ethyl adjacent to an activating group) is 1. The number of nitrogens with one attached hydrogen (secondary N) is 1. The van der Waals surface area contributed by atoms with Gasteiger partial charge in [-0.25, -0.2) is 0 Å². The summed E-state index contributed by atoms with van der Waals surface area (Å²) >= 11 is 0. The van der Waals surface area contributed by atoms with E-state index < -0.39 is 0 Å². The number of amides is 2. The number of rotatable bonds is 6. The van der Waals surface area contributed by atoms with Crippen molar-refractivity contribution < 1.29 is 9.59 Å². The molecule has 0 bridgehead atoms. The van der Waals surface area contributed by atoms with Gasteiger partial charge in [-0.15, -0.1) is 0 Å². The summed E-state index contributed by atoms with van der Waals surface area (Å²) in [5.41, 5.74) is 0. The first-order valence-electron chi connectivity index (χ1n) is 5.75. The van der Waals surface area contributed by atoms with Crippen LogP contribution >= 0.6 is 0 Å². The van der Waals surface area contributed by atoms with E-state index >= 15 is 0 Å². The van der Waals surface area contributed by atoms with Gasteiger partial charge >= 0.3 is 0 Å². The number of hydrogen-bond acceptors (Lipinski definition) is 3. The third-order valence-corrected chi connectivity index (χ3v) is 2.69. The average molecular weight is 212 g/mol. The molecule has 0 spiro atoms. The second-order valence-corrected chi connectivity index (χ2v) is 3.94. The maximum absolute atomic E-state index is 11.4. The molecule has 1 saturated heterocycles. The normalized spacial score (nSPS) is 18.7. The van der Waals surface area contributed by atoms with Crippen molar-refractivity contribution >= 4 is 11.8 Å². The zero-order valence-electron chi connectivity index (χ0n) is 9.58. The molecule has 1 aliphatic rings. The van der Waals surface area contributed by atoms with E-state index in [1.54, 1.807) is 0 Å². The van der Waals surface area contributed by atoms with Crippen molar-refractivity contribution in [3.63, 3.8) is 0 Å². The molecule has 0 aromatic heterocycles. The fraction of sp³-hybridized carbons (Fsp3) is 0.818. The fourth-order valence-corrected chi connectivity index (χ4v) is 1.94. The van der Waals surface area contributed by atoms with Crippen molar-refractivity contribution in [2.24, 2.45) is 0 Å². The van der Waals surface area contributed by atoms with Crippen LogP contribution in [0.1, 0.15) is 39.5 Å². The molecule has 4 nitrogen and oxygen atoms in total. The Balaban J connectivity index is 2.48. The Labute approximate surface area is 91.0 Å². The van der Waals surface area contributed by atoms with Crippen molar-refractivity contribution in [1.29, 1.82) is 0 Å². The molecule has 1 unspecified atom stereocenters. The SMILES string of the molecule is CCCC(CN1C(=O)CCC1=O)NCC. The Bertz CT molecular complexity index is 219. The van der Waals surface area contributed by atoms with E-state index in [4.69, 9.17) is 0 Å². The fourth-order valence-electron chi connectivity index (χ4n) is 1.94. The summed E-state index contributed by atoms with van der Waals surface area (Å²) in [6, 6.07) is 0.256. The molecule has 1 rings (SSSR count). The Hall–Kier alpha value is -0.900. The summed E-state index contributed by atoms with van der Waals surface area (Å²) in [7, 11) is 0. The van der Waals surface area contributed by atoms with Gasteiger partial charge in [0.1, 0.15) is 0 Å². The maximum Gasteiger partial charge on any atom is 0.229 e. The van der Waals surface area contributed by atoms with Gasteiger partial charge in [0.2, 0.25) is 11.8 Å². The van der Waals surface area contributed by atoms with E-state index in [1.165, 1.54) is 4.90 Å². The van der Waals surface area contributed by atoms with Crippen LogP contribution in [0.2, 0.25) is 0 Å². The summed E-state index contributed by atoms with van der Waals surface area (Å²) in [5.74, 6) is -0.0296. The molecule has 15 heavy (non-hydrogen) atoms. The Morgan fingerprint density at radius 2 is 1.87 bits per heavy atom. The van der Waals surface area contributed by atoms with Gasteiger partial charge in [0.15, 0.2) is 0 Å². The second kappa shape index (κ2) is 5.85. The molecule has 0 aromatic rings. The molecule has 1 atom stereocenters. The maximum atomic E-state index is 11.4. The van der Waals surface area contributed by atoms with Gasteiger partial charge < -0.3 is 5.32 Å². The average Bonchev–Trinajstić information content (AvgIpc) is 2.50. The molecule has 1 heterocycles. The number of carbonyl (C=O) groups is 2. The number of nitrogens with zero attached hydrogens (tertiary/aromatic N) is 1. The quantitative estimate of drug-likeness (QED) is 0.666. The number of hydrogen-bond donors (Lipinski definition) is 1.